The summed E-state index contributed by atoms with van der Waals surface area (Å²) in [5.74, 6) is -0.264. The zero-order chi connectivity index (χ0) is 19.4. The molecule has 1 saturated heterocycles. The van der Waals surface area contributed by atoms with Gasteiger partial charge in [0.25, 0.3) is 15.9 Å². The highest BCUT2D eigenvalue weighted by atomic mass is 35.5. The Morgan fingerprint density at radius 1 is 1.22 bits per heavy atom. The lowest BCUT2D eigenvalue weighted by Gasteiger charge is -2.22. The number of rotatable bonds is 6. The Hall–Kier alpha value is -2.09. The Balaban J connectivity index is 1.80. The van der Waals surface area contributed by atoms with E-state index in [2.05, 4.69) is 4.72 Å². The van der Waals surface area contributed by atoms with Gasteiger partial charge in [-0.05, 0) is 49.2 Å². The molecule has 2 aromatic rings. The molecule has 8 heteroatoms. The molecule has 1 unspecified atom stereocenters. The van der Waals surface area contributed by atoms with E-state index in [0.717, 1.165) is 12.8 Å². The summed E-state index contributed by atoms with van der Waals surface area (Å²) in [5.41, 5.74) is 0.521. The highest BCUT2D eigenvalue weighted by Crippen LogP contribution is 2.23. The number of nitrogens with zero attached hydrogens (tertiary/aromatic N) is 1. The number of sulfonamides is 1. The molecule has 6 nitrogen and oxygen atoms in total. The van der Waals surface area contributed by atoms with E-state index >= 15 is 0 Å². The number of halogens is 1. The first-order valence-corrected chi connectivity index (χ1v) is 10.5. The molecule has 1 fully saturated rings. The summed E-state index contributed by atoms with van der Waals surface area (Å²) in [6, 6.07) is 12.4. The van der Waals surface area contributed by atoms with Crippen molar-refractivity contribution in [3.8, 4) is 0 Å². The lowest BCUT2D eigenvalue weighted by molar-refractivity contribution is 0.0588. The number of amides is 1. The second kappa shape index (κ2) is 8.29. The number of anilines is 1. The largest absolute Gasteiger partial charge is 0.376 e. The predicted molar refractivity (Wildman–Crippen MR) is 105 cm³/mol. The highest BCUT2D eigenvalue weighted by molar-refractivity contribution is 7.92. The minimum Gasteiger partial charge on any atom is -0.376 e. The Bertz CT molecular complexity index is 910. The summed E-state index contributed by atoms with van der Waals surface area (Å²) in [5, 5.41) is 0.445. The quantitative estimate of drug-likeness (QED) is 0.794. The number of likely N-dealkylation sites (N-methyl/N-ethyl adjacent to an activating group) is 1. The second-order valence-electron chi connectivity index (χ2n) is 6.43. The maximum atomic E-state index is 12.8. The summed E-state index contributed by atoms with van der Waals surface area (Å²) < 4.78 is 33.3. The molecule has 3 rings (SSSR count). The standard InChI is InChI=1S/C19H21ClN2O4S/c1-22(13-15-5-4-12-26-15)19(23)17-6-2-3-7-18(17)21-27(24,25)16-10-8-14(20)9-11-16/h2-3,6-11,15,21H,4-5,12-13H2,1H3. The van der Waals surface area contributed by atoms with E-state index in [9.17, 15) is 13.2 Å². The third-order valence-corrected chi connectivity index (χ3v) is 6.01. The molecule has 1 aliphatic rings. The van der Waals surface area contributed by atoms with Crippen LogP contribution in [-0.4, -0.2) is 45.5 Å². The molecule has 1 amide bonds. The Morgan fingerprint density at radius 3 is 2.59 bits per heavy atom. The van der Waals surface area contributed by atoms with Crippen LogP contribution in [0.15, 0.2) is 53.4 Å². The smallest absolute Gasteiger partial charge is 0.261 e. The molecule has 0 spiro atoms. The number of carbonyl (C=O) groups excluding carboxylic acids is 1. The topological polar surface area (TPSA) is 75.7 Å². The van der Waals surface area contributed by atoms with Crippen molar-refractivity contribution in [2.45, 2.75) is 23.8 Å². The van der Waals surface area contributed by atoms with Gasteiger partial charge in [0, 0.05) is 25.2 Å². The minimum atomic E-state index is -3.84. The van der Waals surface area contributed by atoms with Crippen LogP contribution < -0.4 is 4.72 Å². The molecule has 0 aliphatic carbocycles. The van der Waals surface area contributed by atoms with E-state index in [-0.39, 0.29) is 28.2 Å². The SMILES string of the molecule is CN(CC1CCCO1)C(=O)c1ccccc1NS(=O)(=O)c1ccc(Cl)cc1. The molecule has 27 heavy (non-hydrogen) atoms. The number of hydrogen-bond donors (Lipinski definition) is 1. The van der Waals surface area contributed by atoms with Gasteiger partial charge < -0.3 is 9.64 Å². The predicted octanol–water partition coefficient (Wildman–Crippen LogP) is 3.39. The highest BCUT2D eigenvalue weighted by Gasteiger charge is 2.24. The maximum Gasteiger partial charge on any atom is 0.261 e. The lowest BCUT2D eigenvalue weighted by Crippen LogP contribution is -2.34. The number of para-hydroxylation sites is 1. The van der Waals surface area contributed by atoms with Gasteiger partial charge in [0.15, 0.2) is 0 Å². The molecule has 0 bridgehead atoms. The monoisotopic (exact) mass is 408 g/mol. The van der Waals surface area contributed by atoms with Crippen molar-refractivity contribution in [1.82, 2.24) is 4.90 Å². The summed E-state index contributed by atoms with van der Waals surface area (Å²) in [4.78, 5) is 14.5. The van der Waals surface area contributed by atoms with Crippen LogP contribution in [0, 0.1) is 0 Å². The number of nitrogens with one attached hydrogen (secondary N) is 1. The van der Waals surface area contributed by atoms with Crippen molar-refractivity contribution in [1.29, 1.82) is 0 Å². The van der Waals surface area contributed by atoms with Crippen LogP contribution in [0.5, 0.6) is 0 Å². The lowest BCUT2D eigenvalue weighted by atomic mass is 10.1. The summed E-state index contributed by atoms with van der Waals surface area (Å²) >= 11 is 5.82. The number of ether oxygens (including phenoxy) is 1. The fourth-order valence-corrected chi connectivity index (χ4v) is 4.16. The normalized spacial score (nSPS) is 16.9. The molecule has 1 aliphatic heterocycles. The number of hydrogen-bond acceptors (Lipinski definition) is 4. The molecule has 1 heterocycles. The Morgan fingerprint density at radius 2 is 1.93 bits per heavy atom. The molecule has 2 aromatic carbocycles. The first kappa shape index (κ1) is 19.7. The average Bonchev–Trinajstić information content (AvgIpc) is 3.14. The molecule has 0 saturated carbocycles. The Labute approximate surface area is 164 Å². The zero-order valence-electron chi connectivity index (χ0n) is 14.9. The van der Waals surface area contributed by atoms with E-state index in [1.54, 1.807) is 36.2 Å². The van der Waals surface area contributed by atoms with Gasteiger partial charge in [-0.15, -0.1) is 0 Å². The molecule has 1 atom stereocenters. The third-order valence-electron chi connectivity index (χ3n) is 4.37. The van der Waals surface area contributed by atoms with E-state index in [1.807, 2.05) is 0 Å². The van der Waals surface area contributed by atoms with Crippen molar-refractivity contribution >= 4 is 33.2 Å². The van der Waals surface area contributed by atoms with Crippen molar-refractivity contribution in [3.05, 3.63) is 59.1 Å². The van der Waals surface area contributed by atoms with Crippen molar-refractivity contribution in [2.75, 3.05) is 24.9 Å². The van der Waals surface area contributed by atoms with Gasteiger partial charge in [0.1, 0.15) is 0 Å². The van der Waals surface area contributed by atoms with Gasteiger partial charge >= 0.3 is 0 Å². The van der Waals surface area contributed by atoms with Crippen LogP contribution in [-0.2, 0) is 14.8 Å². The first-order valence-electron chi connectivity index (χ1n) is 8.61. The van der Waals surface area contributed by atoms with Gasteiger partial charge in [0.05, 0.1) is 22.3 Å². The van der Waals surface area contributed by atoms with Gasteiger partial charge in [-0.2, -0.15) is 0 Å². The van der Waals surface area contributed by atoms with Crippen molar-refractivity contribution < 1.29 is 17.9 Å². The minimum absolute atomic E-state index is 0.0249. The van der Waals surface area contributed by atoms with E-state index in [1.165, 1.54) is 24.3 Å². The summed E-state index contributed by atoms with van der Waals surface area (Å²) in [6.07, 6.45) is 1.93. The van der Waals surface area contributed by atoms with E-state index in [4.69, 9.17) is 16.3 Å². The number of benzene rings is 2. The van der Waals surface area contributed by atoms with E-state index in [0.29, 0.717) is 18.2 Å². The van der Waals surface area contributed by atoms with E-state index < -0.39 is 10.0 Å². The fourth-order valence-electron chi connectivity index (χ4n) is 2.96. The van der Waals surface area contributed by atoms with Crippen LogP contribution in [0.3, 0.4) is 0 Å². The molecule has 0 radical (unpaired) electrons. The summed E-state index contributed by atoms with van der Waals surface area (Å²) in [6.45, 7) is 1.18. The van der Waals surface area contributed by atoms with Crippen LogP contribution in [0.4, 0.5) is 5.69 Å². The van der Waals surface area contributed by atoms with Crippen LogP contribution >= 0.6 is 11.6 Å². The molecule has 1 N–H and O–H groups in total. The van der Waals surface area contributed by atoms with Gasteiger partial charge in [-0.25, -0.2) is 8.42 Å². The molecule has 144 valence electrons. The van der Waals surface area contributed by atoms with Gasteiger partial charge in [0.2, 0.25) is 0 Å². The van der Waals surface area contributed by atoms with Crippen LogP contribution in [0.1, 0.15) is 23.2 Å². The Kier molecular flexibility index (Phi) is 6.04. The van der Waals surface area contributed by atoms with Gasteiger partial charge in [-0.3, -0.25) is 9.52 Å². The van der Waals surface area contributed by atoms with Crippen LogP contribution in [0.25, 0.3) is 0 Å². The molecule has 0 aromatic heterocycles. The maximum absolute atomic E-state index is 12.8. The van der Waals surface area contributed by atoms with Crippen molar-refractivity contribution in [2.24, 2.45) is 0 Å². The summed E-state index contributed by atoms with van der Waals surface area (Å²) in [7, 11) is -2.15. The second-order valence-corrected chi connectivity index (χ2v) is 8.54. The first-order chi connectivity index (χ1) is 12.9. The van der Waals surface area contributed by atoms with Gasteiger partial charge in [-0.1, -0.05) is 23.7 Å². The average molecular weight is 409 g/mol. The number of carbonyl (C=O) groups is 1. The third kappa shape index (κ3) is 4.80. The molecular weight excluding hydrogens is 388 g/mol. The van der Waals surface area contributed by atoms with Crippen LogP contribution in [0.2, 0.25) is 5.02 Å². The zero-order valence-corrected chi connectivity index (χ0v) is 16.5. The molecular formula is C19H21ClN2O4S. The van der Waals surface area contributed by atoms with Crippen molar-refractivity contribution in [3.63, 3.8) is 0 Å². The fraction of sp³-hybridized carbons (Fsp3) is 0.316.